The third-order valence-electron chi connectivity index (χ3n) is 4.36. The maximum atomic E-state index is 5.96. The van der Waals surface area contributed by atoms with Gasteiger partial charge in [-0.3, -0.25) is 0 Å². The standard InChI is InChI=1S/C15H25N3O/c16-13-4-6-14(7-5-13)19-9-1-8-18-11-17-10-15(18)12-2-3-12/h10-14H,1-9,16H2. The third kappa shape index (κ3) is 3.57. The molecule has 4 heteroatoms. The van der Waals surface area contributed by atoms with E-state index in [4.69, 9.17) is 10.5 Å². The molecule has 2 saturated carbocycles. The number of ether oxygens (including phenoxy) is 1. The first kappa shape index (κ1) is 13.1. The topological polar surface area (TPSA) is 53.1 Å². The van der Waals surface area contributed by atoms with Gasteiger partial charge >= 0.3 is 0 Å². The molecule has 1 aromatic rings. The number of nitrogens with two attached hydrogens (primary N) is 1. The van der Waals surface area contributed by atoms with Gasteiger partial charge in [-0.1, -0.05) is 0 Å². The Morgan fingerprint density at radius 3 is 2.74 bits per heavy atom. The fraction of sp³-hybridized carbons (Fsp3) is 0.800. The number of rotatable bonds is 6. The van der Waals surface area contributed by atoms with Crippen LogP contribution in [0.3, 0.4) is 0 Å². The van der Waals surface area contributed by atoms with Gasteiger partial charge in [0.1, 0.15) is 0 Å². The maximum absolute atomic E-state index is 5.96. The molecule has 0 unspecified atom stereocenters. The summed E-state index contributed by atoms with van der Waals surface area (Å²) in [6, 6.07) is 0.409. The summed E-state index contributed by atoms with van der Waals surface area (Å²) in [5, 5.41) is 0. The molecule has 4 nitrogen and oxygen atoms in total. The van der Waals surface area contributed by atoms with Crippen molar-refractivity contribution in [3.05, 3.63) is 18.2 Å². The second-order valence-corrected chi connectivity index (χ2v) is 6.05. The zero-order chi connectivity index (χ0) is 13.1. The number of hydrogen-bond donors (Lipinski definition) is 1. The van der Waals surface area contributed by atoms with Crippen molar-refractivity contribution in [3.63, 3.8) is 0 Å². The van der Waals surface area contributed by atoms with Gasteiger partial charge in [-0.15, -0.1) is 0 Å². The minimum absolute atomic E-state index is 0.409. The summed E-state index contributed by atoms with van der Waals surface area (Å²) in [4.78, 5) is 4.27. The normalized spacial score (nSPS) is 27.6. The lowest BCUT2D eigenvalue weighted by Gasteiger charge is -2.26. The molecular formula is C15H25N3O. The summed E-state index contributed by atoms with van der Waals surface area (Å²) in [7, 11) is 0. The number of imidazole rings is 1. The molecule has 0 bridgehead atoms. The zero-order valence-electron chi connectivity index (χ0n) is 11.6. The monoisotopic (exact) mass is 263 g/mol. The molecule has 2 aliphatic rings. The van der Waals surface area contributed by atoms with Gasteiger partial charge in [0.05, 0.1) is 12.4 Å². The van der Waals surface area contributed by atoms with Gasteiger partial charge in [0, 0.05) is 37.0 Å². The molecule has 0 spiro atoms. The van der Waals surface area contributed by atoms with Crippen molar-refractivity contribution in [3.8, 4) is 0 Å². The predicted molar refractivity (Wildman–Crippen MR) is 75.0 cm³/mol. The van der Waals surface area contributed by atoms with E-state index in [1.54, 1.807) is 0 Å². The molecule has 2 fully saturated rings. The fourth-order valence-corrected chi connectivity index (χ4v) is 2.98. The van der Waals surface area contributed by atoms with Crippen molar-refractivity contribution in [2.45, 2.75) is 69.6 Å². The average Bonchev–Trinajstić information content (AvgIpc) is 3.16. The number of nitrogens with zero attached hydrogens (tertiary/aromatic N) is 2. The second-order valence-electron chi connectivity index (χ2n) is 6.05. The molecule has 2 aliphatic carbocycles. The molecule has 106 valence electrons. The van der Waals surface area contributed by atoms with Crippen LogP contribution in [-0.2, 0) is 11.3 Å². The molecule has 3 rings (SSSR count). The van der Waals surface area contributed by atoms with Crippen LogP contribution >= 0.6 is 0 Å². The Kier molecular flexibility index (Phi) is 4.18. The van der Waals surface area contributed by atoms with Gasteiger partial charge in [-0.2, -0.15) is 0 Å². The van der Waals surface area contributed by atoms with Crippen LogP contribution in [0, 0.1) is 0 Å². The van der Waals surface area contributed by atoms with Crippen molar-refractivity contribution in [2.75, 3.05) is 6.61 Å². The van der Waals surface area contributed by atoms with Crippen LogP contribution < -0.4 is 5.73 Å². The highest BCUT2D eigenvalue weighted by Gasteiger charge is 2.26. The highest BCUT2D eigenvalue weighted by Crippen LogP contribution is 2.39. The zero-order valence-corrected chi connectivity index (χ0v) is 11.6. The Labute approximate surface area is 115 Å². The first-order valence-corrected chi connectivity index (χ1v) is 7.70. The molecular weight excluding hydrogens is 238 g/mol. The van der Waals surface area contributed by atoms with E-state index < -0.39 is 0 Å². The molecule has 2 N–H and O–H groups in total. The third-order valence-corrected chi connectivity index (χ3v) is 4.36. The van der Waals surface area contributed by atoms with Gasteiger partial charge in [0.15, 0.2) is 0 Å². The van der Waals surface area contributed by atoms with E-state index in [9.17, 15) is 0 Å². The summed E-state index contributed by atoms with van der Waals surface area (Å²) in [5.74, 6) is 0.781. The SMILES string of the molecule is NC1CCC(OCCCn2cncc2C2CC2)CC1. The molecule has 0 aromatic carbocycles. The minimum atomic E-state index is 0.409. The highest BCUT2D eigenvalue weighted by atomic mass is 16.5. The van der Waals surface area contributed by atoms with Crippen LogP contribution in [0.1, 0.15) is 56.6 Å². The number of aromatic nitrogens is 2. The largest absolute Gasteiger partial charge is 0.378 e. The van der Waals surface area contributed by atoms with Crippen LogP contribution in [0.4, 0.5) is 0 Å². The van der Waals surface area contributed by atoms with Crippen LogP contribution in [0.15, 0.2) is 12.5 Å². The minimum Gasteiger partial charge on any atom is -0.378 e. The van der Waals surface area contributed by atoms with E-state index in [0.29, 0.717) is 12.1 Å². The van der Waals surface area contributed by atoms with Crippen LogP contribution in [0.5, 0.6) is 0 Å². The van der Waals surface area contributed by atoms with E-state index in [2.05, 4.69) is 9.55 Å². The first-order chi connectivity index (χ1) is 9.33. The molecule has 1 heterocycles. The van der Waals surface area contributed by atoms with Gasteiger partial charge in [-0.05, 0) is 44.9 Å². The van der Waals surface area contributed by atoms with E-state index in [1.165, 1.54) is 18.5 Å². The Morgan fingerprint density at radius 1 is 1.21 bits per heavy atom. The Hall–Kier alpha value is -0.870. The molecule has 0 atom stereocenters. The van der Waals surface area contributed by atoms with Gasteiger partial charge in [0.2, 0.25) is 0 Å². The lowest BCUT2D eigenvalue weighted by Crippen LogP contribution is -2.30. The lowest BCUT2D eigenvalue weighted by atomic mass is 9.94. The van der Waals surface area contributed by atoms with E-state index in [1.807, 2.05) is 12.5 Å². The number of aryl methyl sites for hydroxylation is 1. The van der Waals surface area contributed by atoms with Crippen LogP contribution in [-0.4, -0.2) is 28.3 Å². The van der Waals surface area contributed by atoms with E-state index in [0.717, 1.165) is 51.2 Å². The summed E-state index contributed by atoms with van der Waals surface area (Å²) >= 11 is 0. The summed E-state index contributed by atoms with van der Waals surface area (Å²) in [6.45, 7) is 1.90. The Balaban J connectivity index is 1.35. The van der Waals surface area contributed by atoms with Crippen molar-refractivity contribution in [1.82, 2.24) is 9.55 Å². The van der Waals surface area contributed by atoms with Gasteiger partial charge in [-0.25, -0.2) is 4.98 Å². The summed E-state index contributed by atoms with van der Waals surface area (Å²) < 4.78 is 8.26. The van der Waals surface area contributed by atoms with Gasteiger partial charge in [0.25, 0.3) is 0 Å². The van der Waals surface area contributed by atoms with E-state index >= 15 is 0 Å². The first-order valence-electron chi connectivity index (χ1n) is 7.70. The van der Waals surface area contributed by atoms with Crippen molar-refractivity contribution < 1.29 is 4.74 Å². The van der Waals surface area contributed by atoms with E-state index in [-0.39, 0.29) is 0 Å². The summed E-state index contributed by atoms with van der Waals surface area (Å²) in [6.07, 6.45) is 12.7. The van der Waals surface area contributed by atoms with Crippen molar-refractivity contribution >= 4 is 0 Å². The average molecular weight is 263 g/mol. The lowest BCUT2D eigenvalue weighted by molar-refractivity contribution is 0.0225. The van der Waals surface area contributed by atoms with Crippen LogP contribution in [0.2, 0.25) is 0 Å². The van der Waals surface area contributed by atoms with Crippen molar-refractivity contribution in [2.24, 2.45) is 5.73 Å². The summed E-state index contributed by atoms with van der Waals surface area (Å²) in [5.41, 5.74) is 7.32. The molecule has 0 saturated heterocycles. The number of hydrogen-bond acceptors (Lipinski definition) is 3. The molecule has 1 aromatic heterocycles. The maximum Gasteiger partial charge on any atom is 0.0948 e. The van der Waals surface area contributed by atoms with Crippen molar-refractivity contribution in [1.29, 1.82) is 0 Å². The second kappa shape index (κ2) is 6.06. The molecule has 0 amide bonds. The molecule has 0 radical (unpaired) electrons. The van der Waals surface area contributed by atoms with Crippen LogP contribution in [0.25, 0.3) is 0 Å². The predicted octanol–water partition coefficient (Wildman–Crippen LogP) is 2.44. The Bertz CT molecular complexity index is 392. The Morgan fingerprint density at radius 2 is 2.00 bits per heavy atom. The smallest absolute Gasteiger partial charge is 0.0948 e. The quantitative estimate of drug-likeness (QED) is 0.802. The molecule has 0 aliphatic heterocycles. The highest BCUT2D eigenvalue weighted by molar-refractivity contribution is 5.12. The fourth-order valence-electron chi connectivity index (χ4n) is 2.98. The van der Waals surface area contributed by atoms with Gasteiger partial charge < -0.3 is 15.0 Å². The molecule has 19 heavy (non-hydrogen) atoms.